The van der Waals surface area contributed by atoms with E-state index in [0.29, 0.717) is 35.2 Å². The summed E-state index contributed by atoms with van der Waals surface area (Å²) in [5.74, 6) is 0.264. The van der Waals surface area contributed by atoms with Crippen LogP contribution in [0.2, 0.25) is 5.02 Å². The van der Waals surface area contributed by atoms with Crippen LogP contribution in [-0.4, -0.2) is 35.1 Å². The molecule has 26 heavy (non-hydrogen) atoms. The summed E-state index contributed by atoms with van der Waals surface area (Å²) in [4.78, 5) is 25.1. The normalized spacial score (nSPS) is 19.2. The van der Waals surface area contributed by atoms with Crippen LogP contribution < -0.4 is 10.1 Å². The van der Waals surface area contributed by atoms with Crippen molar-refractivity contribution in [2.75, 3.05) is 18.4 Å². The van der Waals surface area contributed by atoms with E-state index in [1.54, 1.807) is 43.3 Å². The molecule has 0 spiro atoms. The maximum Gasteiger partial charge on any atom is 0.321 e. The zero-order valence-corrected chi connectivity index (χ0v) is 15.0. The van der Waals surface area contributed by atoms with E-state index in [1.165, 1.54) is 4.90 Å². The lowest BCUT2D eigenvalue weighted by atomic mass is 9.90. The fraction of sp³-hybridized carbons (Fsp3) is 0.263. The summed E-state index contributed by atoms with van der Waals surface area (Å²) in [6.45, 7) is 2.27. The Labute approximate surface area is 156 Å². The van der Waals surface area contributed by atoms with Crippen molar-refractivity contribution >= 4 is 29.3 Å². The molecule has 0 saturated carbocycles. The van der Waals surface area contributed by atoms with Crippen LogP contribution >= 0.6 is 11.6 Å². The number of likely N-dealkylation sites (tertiary alicyclic amines) is 1. The molecule has 1 saturated heterocycles. The van der Waals surface area contributed by atoms with Crippen LogP contribution in [0, 0.1) is 5.41 Å². The summed E-state index contributed by atoms with van der Waals surface area (Å²) in [5.41, 5.74) is -0.283. The highest BCUT2D eigenvalue weighted by Gasteiger charge is 2.42. The lowest BCUT2D eigenvalue weighted by molar-refractivity contribution is -0.146. The van der Waals surface area contributed by atoms with Gasteiger partial charge in [0.2, 0.25) is 0 Å². The molecule has 7 heteroatoms. The number of nitrogens with zero attached hydrogens (tertiary/aromatic N) is 1. The number of carboxylic acid groups (broad SMARTS) is 1. The second-order valence-electron chi connectivity index (χ2n) is 6.52. The number of carboxylic acids is 1. The van der Waals surface area contributed by atoms with Crippen molar-refractivity contribution in [3.05, 3.63) is 53.6 Å². The molecular formula is C19H19ClN2O4. The maximum absolute atomic E-state index is 12.3. The van der Waals surface area contributed by atoms with Gasteiger partial charge in [0.25, 0.3) is 0 Å². The number of amides is 2. The minimum atomic E-state index is -0.885. The van der Waals surface area contributed by atoms with E-state index in [1.807, 2.05) is 12.1 Å². The third-order valence-electron chi connectivity index (χ3n) is 4.45. The third-order valence-corrected chi connectivity index (χ3v) is 4.76. The van der Waals surface area contributed by atoms with E-state index >= 15 is 0 Å². The average Bonchev–Trinajstić information content (AvgIpc) is 3.03. The van der Waals surface area contributed by atoms with Crippen molar-refractivity contribution < 1.29 is 19.4 Å². The Kier molecular flexibility index (Phi) is 5.04. The zero-order valence-electron chi connectivity index (χ0n) is 14.2. The van der Waals surface area contributed by atoms with Gasteiger partial charge >= 0.3 is 12.0 Å². The molecule has 0 radical (unpaired) electrons. The molecule has 1 unspecified atom stereocenters. The molecule has 3 rings (SSSR count). The summed E-state index contributed by atoms with van der Waals surface area (Å²) < 4.78 is 5.70. The van der Waals surface area contributed by atoms with Crippen LogP contribution in [0.4, 0.5) is 10.5 Å². The predicted octanol–water partition coefficient (Wildman–Crippen LogP) is 4.46. The maximum atomic E-state index is 12.3. The number of aliphatic carboxylic acids is 1. The minimum Gasteiger partial charge on any atom is -0.481 e. The Balaban J connectivity index is 1.60. The number of rotatable bonds is 4. The summed E-state index contributed by atoms with van der Waals surface area (Å²) in [7, 11) is 0. The highest BCUT2D eigenvalue weighted by molar-refractivity contribution is 6.32. The van der Waals surface area contributed by atoms with Gasteiger partial charge in [-0.15, -0.1) is 0 Å². The standard InChI is InChI=1S/C19H19ClN2O4/c1-19(17(23)24)10-11-22(12-19)18(25)21-13-6-8-14(9-7-13)26-16-5-3-2-4-15(16)20/h2-9H,10-12H2,1H3,(H,21,25)(H,23,24). The van der Waals surface area contributed by atoms with Crippen LogP contribution in [0.25, 0.3) is 0 Å². The van der Waals surface area contributed by atoms with E-state index in [0.717, 1.165) is 0 Å². The lowest BCUT2D eigenvalue weighted by Crippen LogP contribution is -2.37. The minimum absolute atomic E-state index is 0.196. The molecule has 1 fully saturated rings. The summed E-state index contributed by atoms with van der Waals surface area (Å²) in [6.07, 6.45) is 0.445. The number of ether oxygens (including phenoxy) is 1. The van der Waals surface area contributed by atoms with Crippen LogP contribution in [0.5, 0.6) is 11.5 Å². The third kappa shape index (κ3) is 3.91. The number of nitrogens with one attached hydrogen (secondary N) is 1. The Bertz CT molecular complexity index is 825. The van der Waals surface area contributed by atoms with E-state index in [4.69, 9.17) is 16.3 Å². The highest BCUT2D eigenvalue weighted by atomic mass is 35.5. The zero-order chi connectivity index (χ0) is 18.7. The first-order chi connectivity index (χ1) is 12.4. The Morgan fingerprint density at radius 3 is 2.50 bits per heavy atom. The lowest BCUT2D eigenvalue weighted by Gasteiger charge is -2.20. The molecule has 2 amide bonds. The molecular weight excluding hydrogens is 356 g/mol. The molecule has 2 aromatic rings. The fourth-order valence-electron chi connectivity index (χ4n) is 2.77. The van der Waals surface area contributed by atoms with E-state index < -0.39 is 11.4 Å². The topological polar surface area (TPSA) is 78.9 Å². The van der Waals surface area contributed by atoms with Gasteiger partial charge in [0, 0.05) is 18.8 Å². The van der Waals surface area contributed by atoms with Gasteiger partial charge in [0.1, 0.15) is 11.5 Å². The van der Waals surface area contributed by atoms with Crippen molar-refractivity contribution in [3.8, 4) is 11.5 Å². The smallest absolute Gasteiger partial charge is 0.321 e. The van der Waals surface area contributed by atoms with Gasteiger partial charge in [-0.1, -0.05) is 23.7 Å². The van der Waals surface area contributed by atoms with Gasteiger partial charge < -0.3 is 20.1 Å². The van der Waals surface area contributed by atoms with E-state index in [9.17, 15) is 14.7 Å². The van der Waals surface area contributed by atoms with Crippen molar-refractivity contribution in [1.82, 2.24) is 4.90 Å². The average molecular weight is 375 g/mol. The number of hydrogen-bond acceptors (Lipinski definition) is 3. The molecule has 0 bridgehead atoms. The summed E-state index contributed by atoms with van der Waals surface area (Å²) >= 11 is 6.06. The molecule has 6 nitrogen and oxygen atoms in total. The first-order valence-corrected chi connectivity index (χ1v) is 8.57. The largest absolute Gasteiger partial charge is 0.481 e. The summed E-state index contributed by atoms with van der Waals surface area (Å²) in [5, 5.41) is 12.5. The molecule has 0 aliphatic carbocycles. The first kappa shape index (κ1) is 18.1. The number of halogens is 1. The molecule has 1 atom stereocenters. The SMILES string of the molecule is CC1(C(=O)O)CCN(C(=O)Nc2ccc(Oc3ccccc3Cl)cc2)C1. The van der Waals surface area contributed by atoms with Crippen molar-refractivity contribution in [2.24, 2.45) is 5.41 Å². The number of carbonyl (C=O) groups excluding carboxylic acids is 1. The van der Waals surface area contributed by atoms with Gasteiger partial charge in [-0.3, -0.25) is 4.79 Å². The van der Waals surface area contributed by atoms with Crippen LogP contribution in [0.1, 0.15) is 13.3 Å². The van der Waals surface area contributed by atoms with Gasteiger partial charge in [-0.25, -0.2) is 4.79 Å². The number of para-hydroxylation sites is 1. The van der Waals surface area contributed by atoms with Crippen molar-refractivity contribution in [1.29, 1.82) is 0 Å². The quantitative estimate of drug-likeness (QED) is 0.828. The van der Waals surface area contributed by atoms with Crippen LogP contribution in [0.15, 0.2) is 48.5 Å². The Hall–Kier alpha value is -2.73. The van der Waals surface area contributed by atoms with E-state index in [-0.39, 0.29) is 12.6 Å². The first-order valence-electron chi connectivity index (χ1n) is 8.19. The van der Waals surface area contributed by atoms with Crippen molar-refractivity contribution in [2.45, 2.75) is 13.3 Å². The monoisotopic (exact) mass is 374 g/mol. The predicted molar refractivity (Wildman–Crippen MR) is 98.9 cm³/mol. The van der Waals surface area contributed by atoms with Gasteiger partial charge in [0.05, 0.1) is 10.4 Å². The summed E-state index contributed by atoms with van der Waals surface area (Å²) in [6, 6.07) is 13.7. The Morgan fingerprint density at radius 2 is 1.88 bits per heavy atom. The van der Waals surface area contributed by atoms with Gasteiger partial charge in [0.15, 0.2) is 0 Å². The molecule has 2 aromatic carbocycles. The molecule has 136 valence electrons. The second kappa shape index (κ2) is 7.25. The van der Waals surface area contributed by atoms with Gasteiger partial charge in [-0.2, -0.15) is 0 Å². The number of hydrogen-bond donors (Lipinski definition) is 2. The van der Waals surface area contributed by atoms with E-state index in [2.05, 4.69) is 5.32 Å². The van der Waals surface area contributed by atoms with Crippen LogP contribution in [0.3, 0.4) is 0 Å². The van der Waals surface area contributed by atoms with Crippen molar-refractivity contribution in [3.63, 3.8) is 0 Å². The molecule has 2 N–H and O–H groups in total. The number of urea groups is 1. The highest BCUT2D eigenvalue weighted by Crippen LogP contribution is 2.31. The molecule has 1 heterocycles. The number of carbonyl (C=O) groups is 2. The molecule has 1 aliphatic rings. The van der Waals surface area contributed by atoms with Gasteiger partial charge in [-0.05, 0) is 49.7 Å². The molecule has 0 aromatic heterocycles. The number of anilines is 1. The second-order valence-corrected chi connectivity index (χ2v) is 6.93. The molecule has 1 aliphatic heterocycles. The fourth-order valence-corrected chi connectivity index (χ4v) is 2.95. The number of benzene rings is 2. The Morgan fingerprint density at radius 1 is 1.19 bits per heavy atom. The van der Waals surface area contributed by atoms with Crippen LogP contribution in [-0.2, 0) is 4.79 Å².